The molecule has 0 aromatic carbocycles. The smallest absolute Gasteiger partial charge is 0.261 e. The fourth-order valence-corrected chi connectivity index (χ4v) is 1.71. The average Bonchev–Trinajstić information content (AvgIpc) is 2.25. The Morgan fingerprint density at radius 3 is 1.50 bits per heavy atom. The van der Waals surface area contributed by atoms with Gasteiger partial charge in [-0.2, -0.15) is 0 Å². The first-order chi connectivity index (χ1) is 6.86. The van der Waals surface area contributed by atoms with E-state index in [1.807, 2.05) is 0 Å². The Kier molecular flexibility index (Phi) is 4.75. The number of hydrogen-bond donors (Lipinski definition) is 0. The highest BCUT2D eigenvalue weighted by Crippen LogP contribution is 2.26. The Labute approximate surface area is 83.1 Å². The van der Waals surface area contributed by atoms with Gasteiger partial charge in [0.2, 0.25) is 0 Å². The van der Waals surface area contributed by atoms with Crippen LogP contribution < -0.4 is 0 Å². The van der Waals surface area contributed by atoms with Crippen molar-refractivity contribution in [1.29, 1.82) is 0 Å². The van der Waals surface area contributed by atoms with Crippen LogP contribution in [0.25, 0.3) is 0 Å². The quantitative estimate of drug-likeness (QED) is 0.625. The monoisotopic (exact) mass is 192 g/mol. The molecule has 1 aliphatic carbocycles. The number of hydrogen-bond acceptors (Lipinski definition) is 2. The van der Waals surface area contributed by atoms with E-state index in [-0.39, 0.29) is 0 Å². The molecule has 2 radical (unpaired) electrons. The lowest BCUT2D eigenvalue weighted by atomic mass is 9.83. The Morgan fingerprint density at radius 1 is 0.857 bits per heavy atom. The van der Waals surface area contributed by atoms with Crippen LogP contribution in [-0.2, 0) is 9.59 Å². The SMILES string of the molecule is O=[C]N=CC1CCC(C=N[C]=O)CC1. The minimum Gasteiger partial charge on any atom is -0.261 e. The maximum atomic E-state index is 9.87. The second kappa shape index (κ2) is 6.18. The molecule has 0 atom stereocenters. The van der Waals surface area contributed by atoms with Gasteiger partial charge in [-0.15, -0.1) is 0 Å². The van der Waals surface area contributed by atoms with Gasteiger partial charge in [-0.1, -0.05) is 0 Å². The maximum absolute atomic E-state index is 9.87. The van der Waals surface area contributed by atoms with Gasteiger partial charge in [0, 0.05) is 12.4 Å². The Hall–Kier alpha value is -1.32. The molecule has 0 aromatic rings. The zero-order chi connectivity index (χ0) is 10.2. The molecule has 0 N–H and O–H groups in total. The number of carbonyl (C=O) groups excluding carboxylic acids is 2. The molecule has 1 fully saturated rings. The highest BCUT2D eigenvalue weighted by atomic mass is 16.1. The normalized spacial score (nSPS) is 28.3. The van der Waals surface area contributed by atoms with Gasteiger partial charge in [-0.05, 0) is 37.5 Å². The second-order valence-corrected chi connectivity index (χ2v) is 3.41. The Morgan fingerprint density at radius 2 is 1.21 bits per heavy atom. The predicted molar refractivity (Wildman–Crippen MR) is 53.8 cm³/mol. The summed E-state index contributed by atoms with van der Waals surface area (Å²) >= 11 is 0. The third-order valence-electron chi connectivity index (χ3n) is 2.49. The molecule has 0 aromatic heterocycles. The molecule has 2 amide bonds. The van der Waals surface area contributed by atoms with E-state index in [1.165, 1.54) is 12.8 Å². The van der Waals surface area contributed by atoms with Gasteiger partial charge >= 0.3 is 12.8 Å². The lowest BCUT2D eigenvalue weighted by molar-refractivity contribution is 0.397. The van der Waals surface area contributed by atoms with Crippen LogP contribution in [0.15, 0.2) is 9.98 Å². The van der Waals surface area contributed by atoms with Gasteiger partial charge in [0.1, 0.15) is 0 Å². The van der Waals surface area contributed by atoms with Crippen LogP contribution in [0.5, 0.6) is 0 Å². The van der Waals surface area contributed by atoms with Crippen LogP contribution in [0.2, 0.25) is 0 Å². The number of rotatable bonds is 4. The summed E-state index contributed by atoms with van der Waals surface area (Å²) < 4.78 is 0. The summed E-state index contributed by atoms with van der Waals surface area (Å²) in [4.78, 5) is 26.6. The molecule has 0 heterocycles. The molecular formula is C10H12N2O2. The summed E-state index contributed by atoms with van der Waals surface area (Å²) in [5.41, 5.74) is 0. The molecule has 1 saturated carbocycles. The zero-order valence-electron chi connectivity index (χ0n) is 7.85. The van der Waals surface area contributed by atoms with Crippen molar-refractivity contribution in [1.82, 2.24) is 0 Å². The summed E-state index contributed by atoms with van der Waals surface area (Å²) in [6, 6.07) is 0. The molecule has 0 aliphatic heterocycles. The van der Waals surface area contributed by atoms with Crippen LogP contribution >= 0.6 is 0 Å². The number of amides is 2. The highest BCUT2D eigenvalue weighted by molar-refractivity contribution is 5.73. The Bertz CT molecular complexity index is 215. The molecule has 4 heteroatoms. The van der Waals surface area contributed by atoms with Gasteiger partial charge in [0.05, 0.1) is 0 Å². The first-order valence-corrected chi connectivity index (χ1v) is 4.67. The van der Waals surface area contributed by atoms with E-state index >= 15 is 0 Å². The molecule has 1 aliphatic rings. The lowest BCUT2D eigenvalue weighted by Gasteiger charge is -2.22. The van der Waals surface area contributed by atoms with E-state index in [4.69, 9.17) is 0 Å². The fraction of sp³-hybridized carbons (Fsp3) is 0.600. The predicted octanol–water partition coefficient (Wildman–Crippen LogP) is 1.07. The second-order valence-electron chi connectivity index (χ2n) is 3.41. The average molecular weight is 192 g/mol. The topological polar surface area (TPSA) is 58.9 Å². The molecule has 74 valence electrons. The van der Waals surface area contributed by atoms with E-state index in [9.17, 15) is 9.59 Å². The zero-order valence-corrected chi connectivity index (χ0v) is 7.85. The van der Waals surface area contributed by atoms with Crippen LogP contribution in [0.3, 0.4) is 0 Å². The summed E-state index contributed by atoms with van der Waals surface area (Å²) in [7, 11) is 0. The number of nitrogens with zero attached hydrogens (tertiary/aromatic N) is 2. The first kappa shape index (κ1) is 10.8. The third-order valence-corrected chi connectivity index (χ3v) is 2.49. The minimum atomic E-state index is 0.376. The van der Waals surface area contributed by atoms with E-state index < -0.39 is 0 Å². The van der Waals surface area contributed by atoms with Crippen molar-refractivity contribution >= 4 is 25.2 Å². The summed E-state index contributed by atoms with van der Waals surface area (Å²) in [6.45, 7) is 0. The molecule has 4 nitrogen and oxygen atoms in total. The van der Waals surface area contributed by atoms with E-state index in [0.29, 0.717) is 11.8 Å². The van der Waals surface area contributed by atoms with Crippen LogP contribution in [0.4, 0.5) is 0 Å². The van der Waals surface area contributed by atoms with Gasteiger partial charge in [0.25, 0.3) is 0 Å². The van der Waals surface area contributed by atoms with Crippen molar-refractivity contribution < 1.29 is 9.59 Å². The van der Waals surface area contributed by atoms with Crippen molar-refractivity contribution in [3.8, 4) is 0 Å². The Balaban J connectivity index is 2.30. The summed E-state index contributed by atoms with van der Waals surface area (Å²) in [5, 5.41) is 0. The van der Waals surface area contributed by atoms with Gasteiger partial charge in [-0.3, -0.25) is 9.59 Å². The largest absolute Gasteiger partial charge is 0.337 e. The van der Waals surface area contributed by atoms with Crippen LogP contribution in [-0.4, -0.2) is 25.2 Å². The van der Waals surface area contributed by atoms with Gasteiger partial charge < -0.3 is 0 Å². The molecule has 1 rings (SSSR count). The van der Waals surface area contributed by atoms with E-state index in [2.05, 4.69) is 9.98 Å². The summed E-state index contributed by atoms with van der Waals surface area (Å²) in [5.74, 6) is 0.752. The van der Waals surface area contributed by atoms with Gasteiger partial charge in [-0.25, -0.2) is 9.98 Å². The van der Waals surface area contributed by atoms with Crippen LogP contribution in [0, 0.1) is 11.8 Å². The van der Waals surface area contributed by atoms with Crippen molar-refractivity contribution in [3.05, 3.63) is 0 Å². The molecule has 0 bridgehead atoms. The maximum Gasteiger partial charge on any atom is 0.337 e. The molecule has 14 heavy (non-hydrogen) atoms. The van der Waals surface area contributed by atoms with Crippen molar-refractivity contribution in [2.75, 3.05) is 0 Å². The molecule has 0 spiro atoms. The van der Waals surface area contributed by atoms with Gasteiger partial charge in [0.15, 0.2) is 0 Å². The van der Waals surface area contributed by atoms with E-state index in [0.717, 1.165) is 25.7 Å². The minimum absolute atomic E-state index is 0.376. The highest BCUT2D eigenvalue weighted by Gasteiger charge is 2.18. The van der Waals surface area contributed by atoms with E-state index in [1.54, 1.807) is 12.4 Å². The standard InChI is InChI=1S/C10H12N2O2/c13-7-11-5-9-1-2-10(4-3-9)6-12-8-14/h5-6,9-10H,1-4H2. The fourth-order valence-electron chi connectivity index (χ4n) is 1.71. The molecule has 0 saturated heterocycles. The third kappa shape index (κ3) is 3.60. The summed E-state index contributed by atoms with van der Waals surface area (Å²) in [6.07, 6.45) is 10.3. The first-order valence-electron chi connectivity index (χ1n) is 4.67. The van der Waals surface area contributed by atoms with Crippen LogP contribution in [0.1, 0.15) is 25.7 Å². The van der Waals surface area contributed by atoms with Crippen molar-refractivity contribution in [2.45, 2.75) is 25.7 Å². The molecule has 0 unspecified atom stereocenters. The molecular weight excluding hydrogens is 180 g/mol. The number of aliphatic imine (C=N–C) groups is 2. The van der Waals surface area contributed by atoms with Crippen molar-refractivity contribution in [2.24, 2.45) is 21.8 Å². The lowest BCUT2D eigenvalue weighted by Crippen LogP contribution is -2.16. The van der Waals surface area contributed by atoms with Crippen molar-refractivity contribution in [3.63, 3.8) is 0 Å².